The predicted molar refractivity (Wildman–Crippen MR) is 119 cm³/mol. The summed E-state index contributed by atoms with van der Waals surface area (Å²) in [4.78, 5) is 25.3. The van der Waals surface area contributed by atoms with Crippen molar-refractivity contribution in [1.29, 1.82) is 0 Å². The molecule has 3 aromatic carbocycles. The topological polar surface area (TPSA) is 82.1 Å². The van der Waals surface area contributed by atoms with Gasteiger partial charge >= 0.3 is 0 Å². The lowest BCUT2D eigenvalue weighted by Crippen LogP contribution is -2.35. The van der Waals surface area contributed by atoms with Crippen molar-refractivity contribution in [3.63, 3.8) is 0 Å². The SMILES string of the molecule is C=CC(=O)c1ccc(OC2c3ccc(O)cc3OCC2C(=O)c2ccccc2OC)cc1. The Kier molecular flexibility index (Phi) is 5.94. The smallest absolute Gasteiger partial charge is 0.185 e. The Morgan fingerprint density at radius 3 is 2.56 bits per heavy atom. The summed E-state index contributed by atoms with van der Waals surface area (Å²) >= 11 is 0. The third-order valence-electron chi connectivity index (χ3n) is 5.38. The van der Waals surface area contributed by atoms with Crippen molar-refractivity contribution in [2.24, 2.45) is 5.92 Å². The summed E-state index contributed by atoms with van der Waals surface area (Å²) in [5.74, 6) is 0.464. The zero-order chi connectivity index (χ0) is 22.7. The standard InChI is InChI=1S/C26H22O6/c1-3-22(28)16-8-11-18(12-9-16)32-26-20-13-10-17(27)14-24(20)31-15-21(26)25(29)19-6-4-5-7-23(19)30-2/h3-14,21,26-27H,1,15H2,2H3. The maximum atomic E-state index is 13.5. The number of para-hydroxylation sites is 1. The molecule has 0 saturated heterocycles. The van der Waals surface area contributed by atoms with Gasteiger partial charge in [-0.3, -0.25) is 9.59 Å². The number of benzene rings is 3. The van der Waals surface area contributed by atoms with Crippen LogP contribution in [-0.2, 0) is 0 Å². The fraction of sp³-hybridized carbons (Fsp3) is 0.154. The van der Waals surface area contributed by atoms with E-state index >= 15 is 0 Å². The van der Waals surface area contributed by atoms with Gasteiger partial charge in [0.05, 0.1) is 18.6 Å². The molecule has 0 spiro atoms. The lowest BCUT2D eigenvalue weighted by atomic mass is 9.86. The van der Waals surface area contributed by atoms with Crippen LogP contribution in [0.15, 0.2) is 79.4 Å². The van der Waals surface area contributed by atoms with Crippen LogP contribution in [0.1, 0.15) is 32.4 Å². The number of hydrogen-bond donors (Lipinski definition) is 1. The van der Waals surface area contributed by atoms with E-state index in [1.807, 2.05) is 0 Å². The monoisotopic (exact) mass is 430 g/mol. The molecule has 1 N–H and O–H groups in total. The number of rotatable bonds is 7. The van der Waals surface area contributed by atoms with Crippen molar-refractivity contribution in [2.45, 2.75) is 6.10 Å². The summed E-state index contributed by atoms with van der Waals surface area (Å²) in [6.45, 7) is 3.57. The molecular weight excluding hydrogens is 408 g/mol. The van der Waals surface area contributed by atoms with Gasteiger partial charge in [-0.25, -0.2) is 0 Å². The van der Waals surface area contributed by atoms with Gasteiger partial charge in [0.25, 0.3) is 0 Å². The third-order valence-corrected chi connectivity index (χ3v) is 5.38. The molecule has 1 aliphatic rings. The quantitative estimate of drug-likeness (QED) is 0.429. The first kappa shape index (κ1) is 21.2. The molecule has 0 amide bonds. The number of allylic oxidation sites excluding steroid dienone is 1. The predicted octanol–water partition coefficient (Wildman–Crippen LogP) is 4.78. The number of phenolic OH excluding ortho intramolecular Hbond substituents is 1. The number of Topliss-reactive ketones (excluding diaryl/α,β-unsaturated/α-hetero) is 1. The molecule has 1 aliphatic heterocycles. The van der Waals surface area contributed by atoms with Crippen LogP contribution in [0.25, 0.3) is 0 Å². The zero-order valence-electron chi connectivity index (χ0n) is 17.5. The minimum atomic E-state index is -0.669. The average molecular weight is 430 g/mol. The van der Waals surface area contributed by atoms with Crippen LogP contribution < -0.4 is 14.2 Å². The van der Waals surface area contributed by atoms with E-state index in [0.29, 0.717) is 33.9 Å². The number of fused-ring (bicyclic) bond motifs is 1. The van der Waals surface area contributed by atoms with E-state index in [0.717, 1.165) is 0 Å². The molecule has 0 aliphatic carbocycles. The fourth-order valence-electron chi connectivity index (χ4n) is 3.74. The molecule has 0 aromatic heterocycles. The fourth-order valence-corrected chi connectivity index (χ4v) is 3.74. The van der Waals surface area contributed by atoms with Crippen LogP contribution in [0.5, 0.6) is 23.0 Å². The Hall–Kier alpha value is -4.06. The van der Waals surface area contributed by atoms with E-state index < -0.39 is 12.0 Å². The van der Waals surface area contributed by atoms with Crippen LogP contribution in [0, 0.1) is 5.92 Å². The first-order valence-corrected chi connectivity index (χ1v) is 10.1. The molecule has 32 heavy (non-hydrogen) atoms. The number of ketones is 2. The molecule has 0 saturated carbocycles. The average Bonchev–Trinajstić information content (AvgIpc) is 2.83. The van der Waals surface area contributed by atoms with Crippen LogP contribution in [-0.4, -0.2) is 30.4 Å². The highest BCUT2D eigenvalue weighted by Crippen LogP contribution is 2.42. The largest absolute Gasteiger partial charge is 0.508 e. The summed E-state index contributed by atoms with van der Waals surface area (Å²) in [5.41, 5.74) is 1.58. The number of methoxy groups -OCH3 is 1. The van der Waals surface area contributed by atoms with Crippen molar-refractivity contribution in [1.82, 2.24) is 0 Å². The lowest BCUT2D eigenvalue weighted by Gasteiger charge is -2.33. The van der Waals surface area contributed by atoms with Crippen molar-refractivity contribution in [3.05, 3.63) is 96.1 Å². The van der Waals surface area contributed by atoms with Gasteiger partial charge < -0.3 is 19.3 Å². The molecule has 4 rings (SSSR count). The Bertz CT molecular complexity index is 1170. The van der Waals surface area contributed by atoms with Gasteiger partial charge in [0.1, 0.15) is 35.7 Å². The van der Waals surface area contributed by atoms with Gasteiger partial charge in [-0.15, -0.1) is 0 Å². The first-order chi connectivity index (χ1) is 15.5. The first-order valence-electron chi connectivity index (χ1n) is 10.1. The second kappa shape index (κ2) is 8.98. The zero-order valence-corrected chi connectivity index (χ0v) is 17.5. The summed E-state index contributed by atoms with van der Waals surface area (Å²) in [6.07, 6.45) is 0.580. The van der Waals surface area contributed by atoms with Crippen LogP contribution in [0.3, 0.4) is 0 Å². The minimum Gasteiger partial charge on any atom is -0.508 e. The van der Waals surface area contributed by atoms with Crippen LogP contribution >= 0.6 is 0 Å². The van der Waals surface area contributed by atoms with Gasteiger partial charge in [-0.1, -0.05) is 18.7 Å². The Morgan fingerprint density at radius 1 is 1.09 bits per heavy atom. The summed E-state index contributed by atoms with van der Waals surface area (Å²) < 4.78 is 17.4. The Morgan fingerprint density at radius 2 is 1.84 bits per heavy atom. The summed E-state index contributed by atoms with van der Waals surface area (Å²) in [5, 5.41) is 9.85. The molecule has 2 atom stereocenters. The van der Waals surface area contributed by atoms with E-state index in [2.05, 4.69) is 6.58 Å². The highest BCUT2D eigenvalue weighted by atomic mass is 16.5. The second-order valence-corrected chi connectivity index (χ2v) is 7.34. The Balaban J connectivity index is 1.71. The van der Waals surface area contributed by atoms with Gasteiger partial charge in [0, 0.05) is 17.2 Å². The number of phenols is 1. The molecule has 0 radical (unpaired) electrons. The molecule has 2 unspecified atom stereocenters. The van der Waals surface area contributed by atoms with Gasteiger partial charge in [-0.05, 0) is 54.6 Å². The van der Waals surface area contributed by atoms with E-state index in [-0.39, 0.29) is 23.9 Å². The summed E-state index contributed by atoms with van der Waals surface area (Å²) in [6, 6.07) is 18.4. The molecule has 6 heteroatoms. The number of ether oxygens (including phenoxy) is 3. The van der Waals surface area contributed by atoms with Crippen LogP contribution in [0.2, 0.25) is 0 Å². The number of carbonyl (C=O) groups is 2. The molecule has 0 fully saturated rings. The normalized spacial score (nSPS) is 16.9. The van der Waals surface area contributed by atoms with E-state index in [1.54, 1.807) is 54.6 Å². The van der Waals surface area contributed by atoms with E-state index in [9.17, 15) is 14.7 Å². The highest BCUT2D eigenvalue weighted by molar-refractivity contribution is 6.04. The van der Waals surface area contributed by atoms with Crippen molar-refractivity contribution >= 4 is 11.6 Å². The molecule has 162 valence electrons. The molecule has 6 nitrogen and oxygen atoms in total. The highest BCUT2D eigenvalue weighted by Gasteiger charge is 2.39. The lowest BCUT2D eigenvalue weighted by molar-refractivity contribution is 0.0514. The second-order valence-electron chi connectivity index (χ2n) is 7.34. The Labute approximate surface area is 185 Å². The number of aromatic hydroxyl groups is 1. The van der Waals surface area contributed by atoms with Crippen molar-refractivity contribution in [2.75, 3.05) is 13.7 Å². The van der Waals surface area contributed by atoms with E-state index in [1.165, 1.54) is 25.3 Å². The molecular formula is C26H22O6. The number of carbonyl (C=O) groups excluding carboxylic acids is 2. The third kappa shape index (κ3) is 4.07. The minimum absolute atomic E-state index is 0.0595. The van der Waals surface area contributed by atoms with Gasteiger partial charge in [0.2, 0.25) is 0 Å². The van der Waals surface area contributed by atoms with Crippen molar-refractivity contribution in [3.8, 4) is 23.0 Å². The summed E-state index contributed by atoms with van der Waals surface area (Å²) in [7, 11) is 1.52. The number of hydrogen-bond acceptors (Lipinski definition) is 6. The molecule has 1 heterocycles. The van der Waals surface area contributed by atoms with Crippen LogP contribution in [0.4, 0.5) is 0 Å². The van der Waals surface area contributed by atoms with Gasteiger partial charge in [-0.2, -0.15) is 0 Å². The van der Waals surface area contributed by atoms with E-state index in [4.69, 9.17) is 14.2 Å². The maximum Gasteiger partial charge on any atom is 0.185 e. The molecule has 3 aromatic rings. The van der Waals surface area contributed by atoms with Crippen molar-refractivity contribution < 1.29 is 28.9 Å². The maximum absolute atomic E-state index is 13.5. The van der Waals surface area contributed by atoms with Gasteiger partial charge in [0.15, 0.2) is 11.6 Å². The molecule has 0 bridgehead atoms.